The monoisotopic (exact) mass is 332 g/mol. The molecule has 0 aromatic carbocycles. The second kappa shape index (κ2) is 5.99. The first-order valence-corrected chi connectivity index (χ1v) is 7.06. The van der Waals surface area contributed by atoms with E-state index in [0.717, 1.165) is 12.8 Å². The van der Waals surface area contributed by atoms with Crippen molar-refractivity contribution >= 4 is 33.4 Å². The van der Waals surface area contributed by atoms with Crippen LogP contribution in [0.4, 0.5) is 0 Å². The standard InChI is InChI=1S/C12H14BrClN2O2/c13-9-2-1-5-15-10(9)11(17)16-12(8-14)3-6-18-7-4-12/h1-2,5H,3-4,6-8H2,(H,16,17). The summed E-state index contributed by atoms with van der Waals surface area (Å²) in [7, 11) is 0. The van der Waals surface area contributed by atoms with Gasteiger partial charge in [-0.15, -0.1) is 11.6 Å². The summed E-state index contributed by atoms with van der Waals surface area (Å²) in [6.07, 6.45) is 3.05. The predicted molar refractivity (Wildman–Crippen MR) is 72.9 cm³/mol. The van der Waals surface area contributed by atoms with Crippen LogP contribution in [0.5, 0.6) is 0 Å². The van der Waals surface area contributed by atoms with Crippen LogP contribution in [0, 0.1) is 0 Å². The highest BCUT2D eigenvalue weighted by atomic mass is 79.9. The number of aromatic nitrogens is 1. The minimum absolute atomic E-state index is 0.204. The topological polar surface area (TPSA) is 51.2 Å². The van der Waals surface area contributed by atoms with E-state index in [1.54, 1.807) is 18.3 Å². The van der Waals surface area contributed by atoms with Gasteiger partial charge in [0.2, 0.25) is 0 Å². The molecule has 1 aliphatic heterocycles. The maximum absolute atomic E-state index is 12.2. The molecule has 0 bridgehead atoms. The van der Waals surface area contributed by atoms with Crippen molar-refractivity contribution in [2.24, 2.45) is 0 Å². The minimum Gasteiger partial charge on any atom is -0.381 e. The smallest absolute Gasteiger partial charge is 0.271 e. The number of carbonyl (C=O) groups is 1. The average Bonchev–Trinajstić information content (AvgIpc) is 2.40. The molecule has 1 amide bonds. The molecule has 0 unspecified atom stereocenters. The van der Waals surface area contributed by atoms with E-state index in [2.05, 4.69) is 26.2 Å². The van der Waals surface area contributed by atoms with Crippen LogP contribution in [-0.2, 0) is 4.74 Å². The van der Waals surface area contributed by atoms with Crippen molar-refractivity contribution in [3.05, 3.63) is 28.5 Å². The summed E-state index contributed by atoms with van der Waals surface area (Å²) in [6.45, 7) is 1.24. The van der Waals surface area contributed by atoms with Crippen LogP contribution < -0.4 is 5.32 Å². The van der Waals surface area contributed by atoms with Gasteiger partial charge in [0.25, 0.3) is 5.91 Å². The molecule has 1 N–H and O–H groups in total. The fraction of sp³-hybridized carbons (Fsp3) is 0.500. The molecular formula is C12H14BrClN2O2. The van der Waals surface area contributed by atoms with E-state index < -0.39 is 0 Å². The van der Waals surface area contributed by atoms with E-state index in [9.17, 15) is 4.79 Å². The van der Waals surface area contributed by atoms with Crippen LogP contribution in [0.1, 0.15) is 23.3 Å². The number of nitrogens with zero attached hydrogens (tertiary/aromatic N) is 1. The third-order valence-electron chi connectivity index (χ3n) is 3.06. The molecule has 0 aliphatic carbocycles. The lowest BCUT2D eigenvalue weighted by Gasteiger charge is -2.36. The molecule has 2 heterocycles. The van der Waals surface area contributed by atoms with E-state index in [1.165, 1.54) is 0 Å². The number of hydrogen-bond donors (Lipinski definition) is 1. The Labute approximate surface area is 119 Å². The number of pyridine rings is 1. The largest absolute Gasteiger partial charge is 0.381 e. The normalized spacial score (nSPS) is 18.3. The Morgan fingerprint density at radius 1 is 1.56 bits per heavy atom. The quantitative estimate of drug-likeness (QED) is 0.864. The average molecular weight is 334 g/mol. The van der Waals surface area contributed by atoms with Crippen molar-refractivity contribution in [1.82, 2.24) is 10.3 Å². The van der Waals surface area contributed by atoms with E-state index in [4.69, 9.17) is 16.3 Å². The first-order valence-electron chi connectivity index (χ1n) is 5.74. The molecule has 6 heteroatoms. The number of halogens is 2. The number of alkyl halides is 1. The van der Waals surface area contributed by atoms with Gasteiger partial charge in [-0.25, -0.2) is 4.98 Å². The van der Waals surface area contributed by atoms with Crippen molar-refractivity contribution in [3.63, 3.8) is 0 Å². The Kier molecular flexibility index (Phi) is 4.59. The van der Waals surface area contributed by atoms with E-state index >= 15 is 0 Å². The SMILES string of the molecule is O=C(NC1(CCl)CCOCC1)c1ncccc1Br. The van der Waals surface area contributed by atoms with E-state index in [0.29, 0.717) is 29.3 Å². The molecule has 1 saturated heterocycles. The number of ether oxygens (including phenoxy) is 1. The fourth-order valence-electron chi connectivity index (χ4n) is 1.91. The Bertz CT molecular complexity index is 436. The highest BCUT2D eigenvalue weighted by molar-refractivity contribution is 9.10. The highest BCUT2D eigenvalue weighted by Gasteiger charge is 2.34. The summed E-state index contributed by atoms with van der Waals surface area (Å²) in [4.78, 5) is 16.3. The van der Waals surface area contributed by atoms with Crippen LogP contribution >= 0.6 is 27.5 Å². The number of amides is 1. The summed E-state index contributed by atoms with van der Waals surface area (Å²) in [5.74, 6) is 0.178. The lowest BCUT2D eigenvalue weighted by molar-refractivity contribution is 0.0432. The van der Waals surface area contributed by atoms with E-state index in [1.807, 2.05) is 0 Å². The Balaban J connectivity index is 2.13. The summed E-state index contributed by atoms with van der Waals surface area (Å²) in [5.41, 5.74) is 0.00175. The van der Waals surface area contributed by atoms with Crippen molar-refractivity contribution in [2.75, 3.05) is 19.1 Å². The summed E-state index contributed by atoms with van der Waals surface area (Å²) in [5, 5.41) is 3.00. The van der Waals surface area contributed by atoms with Crippen molar-refractivity contribution in [2.45, 2.75) is 18.4 Å². The number of carbonyl (C=O) groups excluding carboxylic acids is 1. The predicted octanol–water partition coefficient (Wildman–Crippen LogP) is 2.36. The molecule has 1 aliphatic rings. The number of nitrogens with one attached hydrogen (secondary N) is 1. The van der Waals surface area contributed by atoms with Crippen molar-refractivity contribution in [3.8, 4) is 0 Å². The Morgan fingerprint density at radius 2 is 2.28 bits per heavy atom. The number of hydrogen-bond acceptors (Lipinski definition) is 3. The molecule has 4 nitrogen and oxygen atoms in total. The first-order chi connectivity index (χ1) is 8.67. The van der Waals surface area contributed by atoms with Gasteiger partial charge in [-0.1, -0.05) is 0 Å². The summed E-state index contributed by atoms with van der Waals surface area (Å²) in [6, 6.07) is 3.56. The molecule has 1 aromatic rings. The van der Waals surface area contributed by atoms with Crippen LogP contribution in [0.25, 0.3) is 0 Å². The first kappa shape index (κ1) is 13.8. The van der Waals surface area contributed by atoms with Gasteiger partial charge >= 0.3 is 0 Å². The van der Waals surface area contributed by atoms with Crippen molar-refractivity contribution < 1.29 is 9.53 Å². The maximum Gasteiger partial charge on any atom is 0.271 e. The van der Waals surface area contributed by atoms with Gasteiger partial charge in [-0.05, 0) is 40.9 Å². The molecule has 0 saturated carbocycles. The van der Waals surface area contributed by atoms with Crippen molar-refractivity contribution in [1.29, 1.82) is 0 Å². The molecule has 0 atom stereocenters. The molecule has 98 valence electrons. The minimum atomic E-state index is -0.381. The zero-order valence-electron chi connectivity index (χ0n) is 9.79. The van der Waals surface area contributed by atoms with Gasteiger partial charge in [0.15, 0.2) is 0 Å². The zero-order chi connectivity index (χ0) is 13.0. The zero-order valence-corrected chi connectivity index (χ0v) is 12.1. The number of rotatable bonds is 3. The molecule has 0 spiro atoms. The lowest BCUT2D eigenvalue weighted by atomic mass is 9.92. The molecule has 1 fully saturated rings. The molecular weight excluding hydrogens is 320 g/mol. The van der Waals surface area contributed by atoms with E-state index in [-0.39, 0.29) is 11.4 Å². The summed E-state index contributed by atoms with van der Waals surface area (Å²) >= 11 is 9.33. The van der Waals surface area contributed by atoms with Gasteiger partial charge in [0.05, 0.1) is 5.54 Å². The lowest BCUT2D eigenvalue weighted by Crippen LogP contribution is -2.53. The second-order valence-electron chi connectivity index (χ2n) is 4.31. The van der Waals surface area contributed by atoms with Gasteiger partial charge < -0.3 is 10.1 Å². The van der Waals surface area contributed by atoms with Gasteiger partial charge in [0, 0.05) is 29.8 Å². The third kappa shape index (κ3) is 3.02. The Morgan fingerprint density at radius 3 is 2.89 bits per heavy atom. The Hall–Kier alpha value is -0.650. The van der Waals surface area contributed by atoms with Gasteiger partial charge in [-0.2, -0.15) is 0 Å². The fourth-order valence-corrected chi connectivity index (χ4v) is 2.68. The van der Waals surface area contributed by atoms with Crippen LogP contribution in [0.2, 0.25) is 0 Å². The molecule has 2 rings (SSSR count). The molecule has 0 radical (unpaired) electrons. The van der Waals surface area contributed by atoms with Gasteiger partial charge in [-0.3, -0.25) is 4.79 Å². The maximum atomic E-state index is 12.2. The molecule has 1 aromatic heterocycles. The highest BCUT2D eigenvalue weighted by Crippen LogP contribution is 2.23. The summed E-state index contributed by atoms with van der Waals surface area (Å²) < 4.78 is 5.98. The third-order valence-corrected chi connectivity index (χ3v) is 4.21. The van der Waals surface area contributed by atoms with Crippen LogP contribution in [0.15, 0.2) is 22.8 Å². The second-order valence-corrected chi connectivity index (χ2v) is 5.44. The van der Waals surface area contributed by atoms with Gasteiger partial charge in [0.1, 0.15) is 5.69 Å². The van der Waals surface area contributed by atoms with Crippen LogP contribution in [-0.4, -0.2) is 35.5 Å². The molecule has 18 heavy (non-hydrogen) atoms. The van der Waals surface area contributed by atoms with Crippen LogP contribution in [0.3, 0.4) is 0 Å².